The first kappa shape index (κ1) is 14.9. The summed E-state index contributed by atoms with van der Waals surface area (Å²) in [6.45, 7) is 3.91. The molecule has 2 nitrogen and oxygen atoms in total. The number of nitrogens with zero attached hydrogens (tertiary/aromatic N) is 1. The maximum Gasteiger partial charge on any atom is 0.0426 e. The Bertz CT molecular complexity index is 581. The topological polar surface area (TPSA) is 15.3 Å². The van der Waals surface area contributed by atoms with E-state index in [4.69, 9.17) is 11.6 Å². The number of anilines is 1. The molecule has 106 valence electrons. The molecule has 0 amide bonds. The Morgan fingerprint density at radius 2 is 1.90 bits per heavy atom. The molecule has 0 unspecified atom stereocenters. The van der Waals surface area contributed by atoms with Crippen LogP contribution in [0.5, 0.6) is 0 Å². The van der Waals surface area contributed by atoms with Gasteiger partial charge in [-0.25, -0.2) is 0 Å². The van der Waals surface area contributed by atoms with E-state index in [1.807, 2.05) is 25.2 Å². The minimum atomic E-state index is 0.789. The van der Waals surface area contributed by atoms with Crippen molar-refractivity contribution in [3.05, 3.63) is 64.2 Å². The van der Waals surface area contributed by atoms with Gasteiger partial charge in [0.05, 0.1) is 0 Å². The molecule has 0 spiro atoms. The van der Waals surface area contributed by atoms with Gasteiger partial charge in [-0.2, -0.15) is 0 Å². The molecule has 0 heterocycles. The van der Waals surface area contributed by atoms with Crippen LogP contribution < -0.4 is 10.2 Å². The van der Waals surface area contributed by atoms with Gasteiger partial charge >= 0.3 is 0 Å². The quantitative estimate of drug-likeness (QED) is 0.894. The fourth-order valence-corrected chi connectivity index (χ4v) is 2.67. The van der Waals surface area contributed by atoms with Gasteiger partial charge < -0.3 is 10.2 Å². The molecule has 2 aromatic carbocycles. The number of benzene rings is 2. The van der Waals surface area contributed by atoms with Crippen LogP contribution in [0.3, 0.4) is 0 Å². The molecule has 0 saturated heterocycles. The van der Waals surface area contributed by atoms with Crippen LogP contribution in [0.25, 0.3) is 0 Å². The summed E-state index contributed by atoms with van der Waals surface area (Å²) in [5.41, 5.74) is 5.08. The largest absolute Gasteiger partial charge is 0.370 e. The number of rotatable bonds is 5. The van der Waals surface area contributed by atoms with Crippen molar-refractivity contribution >= 4 is 17.3 Å². The van der Waals surface area contributed by atoms with E-state index in [1.165, 1.54) is 22.4 Å². The van der Waals surface area contributed by atoms with E-state index >= 15 is 0 Å². The van der Waals surface area contributed by atoms with Crippen LogP contribution in [-0.2, 0) is 13.1 Å². The normalized spacial score (nSPS) is 10.6. The zero-order valence-corrected chi connectivity index (χ0v) is 13.0. The van der Waals surface area contributed by atoms with Crippen molar-refractivity contribution in [2.45, 2.75) is 20.0 Å². The lowest BCUT2D eigenvalue weighted by molar-refractivity contribution is 0.815. The number of halogens is 1. The van der Waals surface area contributed by atoms with Gasteiger partial charge in [-0.3, -0.25) is 0 Å². The van der Waals surface area contributed by atoms with Crippen LogP contribution in [0.15, 0.2) is 42.5 Å². The first-order valence-corrected chi connectivity index (χ1v) is 7.17. The first-order valence-electron chi connectivity index (χ1n) is 6.80. The summed E-state index contributed by atoms with van der Waals surface area (Å²) in [6, 6.07) is 14.6. The van der Waals surface area contributed by atoms with Crippen molar-refractivity contribution in [1.29, 1.82) is 0 Å². The molecule has 20 heavy (non-hydrogen) atoms. The average molecular weight is 289 g/mol. The van der Waals surface area contributed by atoms with E-state index in [0.717, 1.165) is 18.1 Å². The van der Waals surface area contributed by atoms with Crippen molar-refractivity contribution in [2.75, 3.05) is 19.0 Å². The Balaban J connectivity index is 2.14. The second-order valence-electron chi connectivity index (χ2n) is 5.14. The average Bonchev–Trinajstić information content (AvgIpc) is 2.39. The fourth-order valence-electron chi connectivity index (χ4n) is 2.45. The lowest BCUT2D eigenvalue weighted by Gasteiger charge is -2.22. The Morgan fingerprint density at radius 1 is 1.10 bits per heavy atom. The summed E-state index contributed by atoms with van der Waals surface area (Å²) in [5, 5.41) is 3.97. The lowest BCUT2D eigenvalue weighted by Crippen LogP contribution is -2.17. The number of hydrogen-bond donors (Lipinski definition) is 1. The zero-order valence-electron chi connectivity index (χ0n) is 12.3. The molecular weight excluding hydrogens is 268 g/mol. The Kier molecular flexibility index (Phi) is 5.05. The highest BCUT2D eigenvalue weighted by molar-refractivity contribution is 6.30. The van der Waals surface area contributed by atoms with Crippen molar-refractivity contribution in [3.8, 4) is 0 Å². The Labute approximate surface area is 126 Å². The molecule has 0 aliphatic heterocycles. The molecule has 1 N–H and O–H groups in total. The predicted octanol–water partition coefficient (Wildman–Crippen LogP) is 4.00. The maximum absolute atomic E-state index is 6.04. The number of hydrogen-bond acceptors (Lipinski definition) is 2. The highest BCUT2D eigenvalue weighted by atomic mass is 35.5. The molecule has 0 radical (unpaired) electrons. The molecule has 0 aliphatic carbocycles. The van der Waals surface area contributed by atoms with Crippen molar-refractivity contribution in [1.82, 2.24) is 5.32 Å². The molecule has 0 aromatic heterocycles. The molecule has 0 saturated carbocycles. The lowest BCUT2D eigenvalue weighted by atomic mass is 10.1. The second-order valence-corrected chi connectivity index (χ2v) is 5.57. The SMILES string of the molecule is CNCc1ccc(N(C)Cc2cccc(Cl)c2)c(C)c1. The van der Waals surface area contributed by atoms with Crippen molar-refractivity contribution in [3.63, 3.8) is 0 Å². The van der Waals surface area contributed by atoms with Gasteiger partial charge in [0.15, 0.2) is 0 Å². The third kappa shape index (κ3) is 3.75. The number of aryl methyl sites for hydroxylation is 1. The van der Waals surface area contributed by atoms with E-state index in [-0.39, 0.29) is 0 Å². The van der Waals surface area contributed by atoms with E-state index in [0.29, 0.717) is 0 Å². The van der Waals surface area contributed by atoms with Gasteiger partial charge in [0.25, 0.3) is 0 Å². The van der Waals surface area contributed by atoms with Crippen LogP contribution in [0.1, 0.15) is 16.7 Å². The van der Waals surface area contributed by atoms with Gasteiger partial charge in [0, 0.05) is 30.8 Å². The summed E-state index contributed by atoms with van der Waals surface area (Å²) in [5.74, 6) is 0. The Hall–Kier alpha value is -1.51. The fraction of sp³-hybridized carbons (Fsp3) is 0.294. The monoisotopic (exact) mass is 288 g/mol. The minimum absolute atomic E-state index is 0.789. The molecule has 2 rings (SSSR count). The maximum atomic E-state index is 6.04. The highest BCUT2D eigenvalue weighted by Gasteiger charge is 2.06. The summed E-state index contributed by atoms with van der Waals surface area (Å²) in [6.07, 6.45) is 0. The first-order chi connectivity index (χ1) is 9.60. The summed E-state index contributed by atoms with van der Waals surface area (Å²) < 4.78 is 0. The molecule has 0 bridgehead atoms. The predicted molar refractivity (Wildman–Crippen MR) is 87.5 cm³/mol. The third-order valence-corrected chi connectivity index (χ3v) is 3.60. The molecular formula is C17H21ClN2. The minimum Gasteiger partial charge on any atom is -0.370 e. The van der Waals surface area contributed by atoms with Gasteiger partial charge in [-0.15, -0.1) is 0 Å². The van der Waals surface area contributed by atoms with Gasteiger partial charge in [-0.05, 0) is 48.9 Å². The van der Waals surface area contributed by atoms with Gasteiger partial charge in [-0.1, -0.05) is 35.9 Å². The summed E-state index contributed by atoms with van der Waals surface area (Å²) in [4.78, 5) is 2.25. The van der Waals surface area contributed by atoms with Crippen molar-refractivity contribution < 1.29 is 0 Å². The van der Waals surface area contributed by atoms with Crippen LogP contribution in [0.4, 0.5) is 5.69 Å². The van der Waals surface area contributed by atoms with Crippen molar-refractivity contribution in [2.24, 2.45) is 0 Å². The van der Waals surface area contributed by atoms with E-state index in [2.05, 4.69) is 48.5 Å². The van der Waals surface area contributed by atoms with E-state index < -0.39 is 0 Å². The highest BCUT2D eigenvalue weighted by Crippen LogP contribution is 2.22. The standard InChI is InChI=1S/C17H21ClN2/c1-13-9-14(11-19-2)7-8-17(13)20(3)12-15-5-4-6-16(18)10-15/h4-10,19H,11-12H2,1-3H3. The number of nitrogens with one attached hydrogen (secondary N) is 1. The van der Waals surface area contributed by atoms with Crippen LogP contribution >= 0.6 is 11.6 Å². The summed E-state index contributed by atoms with van der Waals surface area (Å²) in [7, 11) is 4.08. The molecule has 3 heteroatoms. The van der Waals surface area contributed by atoms with Crippen LogP contribution in [-0.4, -0.2) is 14.1 Å². The molecule has 2 aromatic rings. The second kappa shape index (κ2) is 6.78. The molecule has 0 fully saturated rings. The van der Waals surface area contributed by atoms with Gasteiger partial charge in [0.1, 0.15) is 0 Å². The smallest absolute Gasteiger partial charge is 0.0426 e. The molecule has 0 atom stereocenters. The summed E-state index contributed by atoms with van der Waals surface area (Å²) >= 11 is 6.04. The third-order valence-electron chi connectivity index (χ3n) is 3.36. The van der Waals surface area contributed by atoms with Gasteiger partial charge in [0.2, 0.25) is 0 Å². The molecule has 0 aliphatic rings. The zero-order chi connectivity index (χ0) is 14.5. The van der Waals surface area contributed by atoms with Crippen LogP contribution in [0.2, 0.25) is 5.02 Å². The van der Waals surface area contributed by atoms with E-state index in [9.17, 15) is 0 Å². The Morgan fingerprint density at radius 3 is 2.55 bits per heavy atom. The van der Waals surface area contributed by atoms with E-state index in [1.54, 1.807) is 0 Å². The van der Waals surface area contributed by atoms with Crippen LogP contribution in [0, 0.1) is 6.92 Å².